The Morgan fingerprint density at radius 1 is 1.26 bits per heavy atom. The molecule has 0 aromatic carbocycles. The zero-order chi connectivity index (χ0) is 13.0. The zero-order valence-corrected chi connectivity index (χ0v) is 10.7. The summed E-state index contributed by atoms with van der Waals surface area (Å²) in [7, 11) is 0. The second-order valence-electron chi connectivity index (χ2n) is 3.78. The van der Waals surface area contributed by atoms with Gasteiger partial charge in [0.05, 0.1) is 18.5 Å². The first-order valence-electron chi connectivity index (χ1n) is 5.35. The number of rotatable bonds is 5. The van der Waals surface area contributed by atoms with Gasteiger partial charge in [-0.25, -0.2) is 0 Å². The minimum absolute atomic E-state index is 0. The fraction of sp³-hybridized carbons (Fsp3) is 0.364. The molecule has 0 bridgehead atoms. The molecule has 0 aliphatic carbocycles. The monoisotopic (exact) mass is 295 g/mol. The molecule has 2 aromatic heterocycles. The summed E-state index contributed by atoms with van der Waals surface area (Å²) in [4.78, 5) is 0. The van der Waals surface area contributed by atoms with Crippen molar-refractivity contribution in [2.45, 2.75) is 25.8 Å². The summed E-state index contributed by atoms with van der Waals surface area (Å²) < 4.78 is 42.8. The summed E-state index contributed by atoms with van der Waals surface area (Å²) in [6.45, 7) is -0.307. The third-order valence-electron chi connectivity index (χ3n) is 2.32. The second kappa shape index (κ2) is 6.63. The van der Waals surface area contributed by atoms with E-state index in [2.05, 4.69) is 10.4 Å². The lowest BCUT2D eigenvalue weighted by atomic mass is 10.4. The third-order valence-corrected chi connectivity index (χ3v) is 2.32. The van der Waals surface area contributed by atoms with Crippen molar-refractivity contribution >= 4 is 12.4 Å². The molecular formula is C11H13ClF3N3O. The first-order valence-corrected chi connectivity index (χ1v) is 5.35. The number of alkyl halides is 3. The fourth-order valence-corrected chi connectivity index (χ4v) is 1.55. The van der Waals surface area contributed by atoms with Crippen LogP contribution in [-0.2, 0) is 19.6 Å². The first-order chi connectivity index (χ1) is 8.54. The molecule has 4 nitrogen and oxygen atoms in total. The maximum atomic E-state index is 12.2. The smallest absolute Gasteiger partial charge is 0.408 e. The Morgan fingerprint density at radius 3 is 2.68 bits per heavy atom. The normalized spacial score (nSPS) is 11.3. The van der Waals surface area contributed by atoms with Crippen LogP contribution in [0.1, 0.15) is 11.5 Å². The van der Waals surface area contributed by atoms with Gasteiger partial charge in [-0.05, 0) is 18.2 Å². The van der Waals surface area contributed by atoms with Gasteiger partial charge >= 0.3 is 6.18 Å². The molecule has 0 atom stereocenters. The van der Waals surface area contributed by atoms with Crippen molar-refractivity contribution in [1.82, 2.24) is 15.1 Å². The van der Waals surface area contributed by atoms with Gasteiger partial charge in [-0.3, -0.25) is 4.68 Å². The molecule has 0 amide bonds. The van der Waals surface area contributed by atoms with E-state index in [1.165, 1.54) is 6.20 Å². The van der Waals surface area contributed by atoms with Crippen LogP contribution in [0.5, 0.6) is 0 Å². The van der Waals surface area contributed by atoms with Crippen molar-refractivity contribution < 1.29 is 17.6 Å². The molecule has 0 spiro atoms. The van der Waals surface area contributed by atoms with E-state index in [4.69, 9.17) is 4.42 Å². The Bertz CT molecular complexity index is 482. The molecule has 0 fully saturated rings. The Hall–Kier alpha value is -1.47. The van der Waals surface area contributed by atoms with Crippen LogP contribution < -0.4 is 5.32 Å². The Balaban J connectivity index is 0.00000180. The Labute approximate surface area is 114 Å². The minimum Gasteiger partial charge on any atom is -0.468 e. The van der Waals surface area contributed by atoms with Gasteiger partial charge in [0, 0.05) is 12.7 Å². The summed E-state index contributed by atoms with van der Waals surface area (Å²) in [5, 5.41) is 6.64. The van der Waals surface area contributed by atoms with Crippen LogP contribution in [0, 0.1) is 0 Å². The molecule has 2 rings (SSSR count). The lowest BCUT2D eigenvalue weighted by molar-refractivity contribution is -0.143. The van der Waals surface area contributed by atoms with Crippen LogP contribution in [0.15, 0.2) is 35.1 Å². The van der Waals surface area contributed by atoms with Gasteiger partial charge in [-0.2, -0.15) is 18.3 Å². The van der Waals surface area contributed by atoms with Gasteiger partial charge in [0.25, 0.3) is 0 Å². The molecule has 0 aliphatic heterocycles. The van der Waals surface area contributed by atoms with Gasteiger partial charge in [0.1, 0.15) is 12.3 Å². The van der Waals surface area contributed by atoms with Crippen LogP contribution in [-0.4, -0.2) is 16.0 Å². The highest BCUT2D eigenvalue weighted by atomic mass is 35.5. The van der Waals surface area contributed by atoms with Crippen molar-refractivity contribution in [3.8, 4) is 0 Å². The lowest BCUT2D eigenvalue weighted by Crippen LogP contribution is -2.23. The van der Waals surface area contributed by atoms with Crippen LogP contribution >= 0.6 is 12.4 Å². The highest BCUT2D eigenvalue weighted by Gasteiger charge is 2.29. The first kappa shape index (κ1) is 15.6. The predicted octanol–water partition coefficient (Wildman–Crippen LogP) is 2.75. The molecule has 19 heavy (non-hydrogen) atoms. The topological polar surface area (TPSA) is 43.0 Å². The van der Waals surface area contributed by atoms with Crippen molar-refractivity contribution in [3.05, 3.63) is 42.1 Å². The summed E-state index contributed by atoms with van der Waals surface area (Å²) in [6, 6.07) is 5.10. The summed E-state index contributed by atoms with van der Waals surface area (Å²) >= 11 is 0. The van der Waals surface area contributed by atoms with Gasteiger partial charge in [0.15, 0.2) is 0 Å². The van der Waals surface area contributed by atoms with Crippen LogP contribution in [0.2, 0.25) is 0 Å². The number of nitrogens with zero attached hydrogens (tertiary/aromatic N) is 2. The van der Waals surface area contributed by atoms with Gasteiger partial charge in [0.2, 0.25) is 0 Å². The van der Waals surface area contributed by atoms with E-state index >= 15 is 0 Å². The van der Waals surface area contributed by atoms with E-state index in [9.17, 15) is 13.2 Å². The summed E-state index contributed by atoms with van der Waals surface area (Å²) in [5.74, 6) is 0.733. The Kier molecular flexibility index (Phi) is 5.44. The molecule has 0 saturated carbocycles. The number of hydrogen-bond donors (Lipinski definition) is 1. The number of aromatic nitrogens is 2. The molecule has 0 saturated heterocycles. The van der Waals surface area contributed by atoms with Crippen molar-refractivity contribution in [1.29, 1.82) is 0 Å². The van der Waals surface area contributed by atoms with Crippen LogP contribution in [0.3, 0.4) is 0 Å². The average molecular weight is 296 g/mol. The molecule has 1 N–H and O–H groups in total. The maximum absolute atomic E-state index is 12.2. The van der Waals surface area contributed by atoms with E-state index in [1.807, 2.05) is 0 Å². The molecule has 0 unspecified atom stereocenters. The van der Waals surface area contributed by atoms with Crippen molar-refractivity contribution in [3.63, 3.8) is 0 Å². The predicted molar refractivity (Wildman–Crippen MR) is 64.8 cm³/mol. The van der Waals surface area contributed by atoms with E-state index < -0.39 is 12.7 Å². The van der Waals surface area contributed by atoms with Crippen LogP contribution in [0.4, 0.5) is 13.2 Å². The van der Waals surface area contributed by atoms with E-state index in [-0.39, 0.29) is 12.4 Å². The highest BCUT2D eigenvalue weighted by Crippen LogP contribution is 2.17. The molecule has 2 heterocycles. The van der Waals surface area contributed by atoms with E-state index in [0.29, 0.717) is 18.8 Å². The number of nitrogens with one attached hydrogen (secondary N) is 1. The van der Waals surface area contributed by atoms with Crippen molar-refractivity contribution in [2.24, 2.45) is 0 Å². The average Bonchev–Trinajstić information content (AvgIpc) is 2.89. The quantitative estimate of drug-likeness (QED) is 0.922. The molecule has 2 aromatic rings. The minimum atomic E-state index is -4.26. The zero-order valence-electron chi connectivity index (χ0n) is 9.85. The third kappa shape index (κ3) is 4.96. The molecule has 0 radical (unpaired) electrons. The number of halogens is 4. The molecule has 0 aliphatic rings. The summed E-state index contributed by atoms with van der Waals surface area (Å²) in [5.41, 5.74) is 0.485. The summed E-state index contributed by atoms with van der Waals surface area (Å²) in [6.07, 6.45) is -1.36. The SMILES string of the molecule is Cl.FC(F)(F)Cn1nccc1CNCc1ccco1. The second-order valence-corrected chi connectivity index (χ2v) is 3.78. The van der Waals surface area contributed by atoms with Gasteiger partial charge < -0.3 is 9.73 Å². The molecular weight excluding hydrogens is 283 g/mol. The van der Waals surface area contributed by atoms with Gasteiger partial charge in [-0.1, -0.05) is 0 Å². The molecule has 106 valence electrons. The van der Waals surface area contributed by atoms with Crippen LogP contribution in [0.25, 0.3) is 0 Å². The van der Waals surface area contributed by atoms with Gasteiger partial charge in [-0.15, -0.1) is 12.4 Å². The largest absolute Gasteiger partial charge is 0.468 e. The highest BCUT2D eigenvalue weighted by molar-refractivity contribution is 5.85. The number of furan rings is 1. The number of hydrogen-bond acceptors (Lipinski definition) is 3. The lowest BCUT2D eigenvalue weighted by Gasteiger charge is -2.10. The maximum Gasteiger partial charge on any atom is 0.408 e. The standard InChI is InChI=1S/C11H12F3N3O.ClH/c12-11(13,14)8-17-9(3-4-16-17)6-15-7-10-2-1-5-18-10;/h1-5,15H,6-8H2;1H. The Morgan fingerprint density at radius 2 is 2.05 bits per heavy atom. The molecule has 8 heteroatoms. The van der Waals surface area contributed by atoms with E-state index in [1.54, 1.807) is 24.5 Å². The fourth-order valence-electron chi connectivity index (χ4n) is 1.55. The van der Waals surface area contributed by atoms with E-state index in [0.717, 1.165) is 10.4 Å². The van der Waals surface area contributed by atoms with Crippen molar-refractivity contribution in [2.75, 3.05) is 0 Å².